The molecule has 26 heavy (non-hydrogen) atoms. The number of benzene rings is 2. The number of amides is 2. The predicted octanol–water partition coefficient (Wildman–Crippen LogP) is 4.35. The Morgan fingerprint density at radius 3 is 2.58 bits per heavy atom. The minimum atomic E-state index is -0.00630. The standard InChI is InChI=1S/C21H26ClN3O/c1-16-6-7-17(2)20(14-16)23-21(26)25-12-10-24(11-13-25)9-8-18-4-3-5-19(22)15-18/h3-7,14-15H,8-13H2,1-2H3,(H,23,26). The van der Waals surface area contributed by atoms with E-state index >= 15 is 0 Å². The second kappa shape index (κ2) is 8.56. The number of rotatable bonds is 4. The van der Waals surface area contributed by atoms with Crippen molar-refractivity contribution >= 4 is 23.3 Å². The number of nitrogens with one attached hydrogen (secondary N) is 1. The molecule has 1 aliphatic rings. The molecule has 1 N–H and O–H groups in total. The van der Waals surface area contributed by atoms with E-state index in [2.05, 4.69) is 22.3 Å². The summed E-state index contributed by atoms with van der Waals surface area (Å²) < 4.78 is 0. The molecule has 0 spiro atoms. The molecule has 2 amide bonds. The monoisotopic (exact) mass is 371 g/mol. The van der Waals surface area contributed by atoms with E-state index in [1.54, 1.807) is 0 Å². The molecule has 5 heteroatoms. The number of aryl methyl sites for hydroxylation is 2. The van der Waals surface area contributed by atoms with Crippen LogP contribution < -0.4 is 5.32 Å². The van der Waals surface area contributed by atoms with Crippen LogP contribution >= 0.6 is 11.6 Å². The first-order chi connectivity index (χ1) is 12.5. The van der Waals surface area contributed by atoms with Gasteiger partial charge in [-0.3, -0.25) is 4.90 Å². The third-order valence-corrected chi connectivity index (χ3v) is 5.14. The molecule has 1 saturated heterocycles. The fraction of sp³-hybridized carbons (Fsp3) is 0.381. The molecule has 2 aromatic rings. The normalized spacial score (nSPS) is 15.1. The lowest BCUT2D eigenvalue weighted by Crippen LogP contribution is -2.50. The topological polar surface area (TPSA) is 35.6 Å². The molecule has 1 fully saturated rings. The van der Waals surface area contributed by atoms with Gasteiger partial charge in [-0.25, -0.2) is 4.79 Å². The van der Waals surface area contributed by atoms with Crippen molar-refractivity contribution in [2.75, 3.05) is 38.0 Å². The van der Waals surface area contributed by atoms with Crippen LogP contribution in [0, 0.1) is 13.8 Å². The maximum absolute atomic E-state index is 12.5. The summed E-state index contributed by atoms with van der Waals surface area (Å²) >= 11 is 6.04. The number of nitrogens with zero attached hydrogens (tertiary/aromatic N) is 2. The van der Waals surface area contributed by atoms with Crippen molar-refractivity contribution in [3.05, 3.63) is 64.2 Å². The molecular weight excluding hydrogens is 346 g/mol. The van der Waals surface area contributed by atoms with E-state index in [1.807, 2.05) is 49.1 Å². The van der Waals surface area contributed by atoms with Crippen LogP contribution in [0.2, 0.25) is 5.02 Å². The van der Waals surface area contributed by atoms with Crippen molar-refractivity contribution in [3.8, 4) is 0 Å². The van der Waals surface area contributed by atoms with Gasteiger partial charge in [-0.2, -0.15) is 0 Å². The van der Waals surface area contributed by atoms with Gasteiger partial charge in [0, 0.05) is 43.4 Å². The number of carbonyl (C=O) groups excluding carboxylic acids is 1. The Labute approximate surface area is 160 Å². The highest BCUT2D eigenvalue weighted by molar-refractivity contribution is 6.30. The van der Waals surface area contributed by atoms with Crippen LogP contribution in [0.5, 0.6) is 0 Å². The van der Waals surface area contributed by atoms with Crippen molar-refractivity contribution in [2.45, 2.75) is 20.3 Å². The van der Waals surface area contributed by atoms with Crippen molar-refractivity contribution in [2.24, 2.45) is 0 Å². The number of anilines is 1. The van der Waals surface area contributed by atoms with E-state index in [-0.39, 0.29) is 6.03 Å². The molecule has 2 aromatic carbocycles. The predicted molar refractivity (Wildman–Crippen MR) is 108 cm³/mol. The highest BCUT2D eigenvalue weighted by atomic mass is 35.5. The fourth-order valence-corrected chi connectivity index (χ4v) is 3.43. The zero-order valence-electron chi connectivity index (χ0n) is 15.5. The molecule has 0 unspecified atom stereocenters. The van der Waals surface area contributed by atoms with Gasteiger partial charge in [0.25, 0.3) is 0 Å². The summed E-state index contributed by atoms with van der Waals surface area (Å²) in [6.07, 6.45) is 0.981. The minimum absolute atomic E-state index is 0.00630. The molecule has 0 saturated carbocycles. The molecule has 138 valence electrons. The minimum Gasteiger partial charge on any atom is -0.322 e. The Morgan fingerprint density at radius 1 is 1.08 bits per heavy atom. The van der Waals surface area contributed by atoms with Gasteiger partial charge in [-0.1, -0.05) is 35.9 Å². The summed E-state index contributed by atoms with van der Waals surface area (Å²) in [5.41, 5.74) is 4.40. The maximum Gasteiger partial charge on any atom is 0.321 e. The van der Waals surface area contributed by atoms with Gasteiger partial charge in [0.1, 0.15) is 0 Å². The lowest BCUT2D eigenvalue weighted by Gasteiger charge is -2.34. The Bertz CT molecular complexity index is 770. The molecular formula is C21H26ClN3O. The lowest BCUT2D eigenvalue weighted by atomic mass is 10.1. The van der Waals surface area contributed by atoms with Gasteiger partial charge in [-0.05, 0) is 55.2 Å². The maximum atomic E-state index is 12.5. The van der Waals surface area contributed by atoms with Crippen molar-refractivity contribution in [1.82, 2.24) is 9.80 Å². The van der Waals surface area contributed by atoms with Crippen LogP contribution in [0.1, 0.15) is 16.7 Å². The first-order valence-electron chi connectivity index (χ1n) is 9.11. The summed E-state index contributed by atoms with van der Waals surface area (Å²) in [5.74, 6) is 0. The van der Waals surface area contributed by atoms with E-state index in [0.717, 1.165) is 61.0 Å². The van der Waals surface area contributed by atoms with E-state index < -0.39 is 0 Å². The number of hydrogen-bond acceptors (Lipinski definition) is 2. The summed E-state index contributed by atoms with van der Waals surface area (Å²) in [4.78, 5) is 16.8. The van der Waals surface area contributed by atoms with Crippen molar-refractivity contribution < 1.29 is 4.79 Å². The number of halogens is 1. The highest BCUT2D eigenvalue weighted by Gasteiger charge is 2.21. The van der Waals surface area contributed by atoms with E-state index in [1.165, 1.54) is 5.56 Å². The van der Waals surface area contributed by atoms with Gasteiger partial charge in [0.15, 0.2) is 0 Å². The Kier molecular flexibility index (Phi) is 6.17. The summed E-state index contributed by atoms with van der Waals surface area (Å²) in [6, 6.07) is 14.1. The van der Waals surface area contributed by atoms with Gasteiger partial charge in [0.05, 0.1) is 0 Å². The summed E-state index contributed by atoms with van der Waals surface area (Å²) in [6.45, 7) is 8.36. The molecule has 0 bridgehead atoms. The molecule has 0 radical (unpaired) electrons. The SMILES string of the molecule is Cc1ccc(C)c(NC(=O)N2CCN(CCc3cccc(Cl)c3)CC2)c1. The second-order valence-electron chi connectivity index (χ2n) is 6.96. The van der Waals surface area contributed by atoms with Crippen LogP contribution in [-0.4, -0.2) is 48.6 Å². The number of piperazine rings is 1. The van der Waals surface area contributed by atoms with Crippen molar-refractivity contribution in [3.63, 3.8) is 0 Å². The average Bonchev–Trinajstić information content (AvgIpc) is 2.63. The molecule has 1 aliphatic heterocycles. The Hall–Kier alpha value is -2.04. The molecule has 1 heterocycles. The molecule has 3 rings (SSSR count). The summed E-state index contributed by atoms with van der Waals surface area (Å²) in [5, 5.41) is 3.84. The van der Waals surface area contributed by atoms with E-state index in [0.29, 0.717) is 0 Å². The van der Waals surface area contributed by atoms with Crippen LogP contribution in [-0.2, 0) is 6.42 Å². The largest absolute Gasteiger partial charge is 0.322 e. The molecule has 4 nitrogen and oxygen atoms in total. The zero-order valence-corrected chi connectivity index (χ0v) is 16.2. The number of hydrogen-bond donors (Lipinski definition) is 1. The third-order valence-electron chi connectivity index (χ3n) is 4.90. The third kappa shape index (κ3) is 4.99. The molecule has 0 aliphatic carbocycles. The van der Waals surface area contributed by atoms with E-state index in [9.17, 15) is 4.79 Å². The van der Waals surface area contributed by atoms with Gasteiger partial charge >= 0.3 is 6.03 Å². The Balaban J connectivity index is 1.47. The molecule has 0 atom stereocenters. The van der Waals surface area contributed by atoms with Crippen LogP contribution in [0.3, 0.4) is 0 Å². The number of carbonyl (C=O) groups is 1. The van der Waals surface area contributed by atoms with Crippen LogP contribution in [0.25, 0.3) is 0 Å². The van der Waals surface area contributed by atoms with Gasteiger partial charge in [-0.15, -0.1) is 0 Å². The summed E-state index contributed by atoms with van der Waals surface area (Å²) in [7, 11) is 0. The van der Waals surface area contributed by atoms with Gasteiger partial charge in [0.2, 0.25) is 0 Å². The van der Waals surface area contributed by atoms with Crippen molar-refractivity contribution in [1.29, 1.82) is 0 Å². The van der Waals surface area contributed by atoms with Gasteiger partial charge < -0.3 is 10.2 Å². The molecule has 0 aromatic heterocycles. The quantitative estimate of drug-likeness (QED) is 0.867. The van der Waals surface area contributed by atoms with Crippen LogP contribution in [0.15, 0.2) is 42.5 Å². The first-order valence-corrected chi connectivity index (χ1v) is 9.49. The Morgan fingerprint density at radius 2 is 1.85 bits per heavy atom. The average molecular weight is 372 g/mol. The first kappa shape index (κ1) is 18.7. The number of urea groups is 1. The van der Waals surface area contributed by atoms with E-state index in [4.69, 9.17) is 11.6 Å². The second-order valence-corrected chi connectivity index (χ2v) is 7.39. The fourth-order valence-electron chi connectivity index (χ4n) is 3.22. The zero-order chi connectivity index (χ0) is 18.5. The lowest BCUT2D eigenvalue weighted by molar-refractivity contribution is 0.148. The highest BCUT2D eigenvalue weighted by Crippen LogP contribution is 2.17. The van der Waals surface area contributed by atoms with Crippen LogP contribution in [0.4, 0.5) is 10.5 Å². The smallest absolute Gasteiger partial charge is 0.321 e.